The second kappa shape index (κ2) is 9.46. The lowest BCUT2D eigenvalue weighted by atomic mass is 9.94. The molecule has 1 aliphatic carbocycles. The highest BCUT2D eigenvalue weighted by atomic mass is 16.5. The fraction of sp³-hybridized carbons (Fsp3) is 0.500. The molecule has 1 saturated carbocycles. The summed E-state index contributed by atoms with van der Waals surface area (Å²) < 4.78 is 7.29. The number of nitrogens with zero attached hydrogens (tertiary/aromatic N) is 9. The monoisotopic (exact) mass is 459 g/mol. The first-order valence-electron chi connectivity index (χ1n) is 12.3. The molecule has 0 unspecified atom stereocenters. The van der Waals surface area contributed by atoms with Crippen LogP contribution in [-0.2, 0) is 12.8 Å². The highest BCUT2D eigenvalue weighted by molar-refractivity contribution is 5.52. The van der Waals surface area contributed by atoms with E-state index in [0.717, 1.165) is 55.1 Å². The lowest BCUT2D eigenvalue weighted by Gasteiger charge is -2.41. The maximum absolute atomic E-state index is 5.44. The van der Waals surface area contributed by atoms with Gasteiger partial charge < -0.3 is 9.42 Å². The number of pyridine rings is 1. The zero-order valence-corrected chi connectivity index (χ0v) is 19.3. The standard InChI is InChI=1S/C24H29N9O/c1-2-4-19(5-3-1)31-14-16-32(17-15-31)22-7-6-20-27-28-21(33(20)29-22)8-9-23-26-24(30-34-23)18-10-12-25-13-11-18/h6-7,10-13,19H,1-5,8-9,14-17H2. The molecule has 4 aromatic rings. The van der Waals surface area contributed by atoms with Crippen molar-refractivity contribution in [2.75, 3.05) is 31.1 Å². The SMILES string of the molecule is c1cc(-c2noc(CCc3nnc4ccc(N5CCN(C6CCCCC6)CC5)nn34)n2)ccn1. The van der Waals surface area contributed by atoms with Crippen molar-refractivity contribution in [3.63, 3.8) is 0 Å². The number of aryl methyl sites for hydroxylation is 2. The minimum Gasteiger partial charge on any atom is -0.353 e. The molecule has 6 rings (SSSR count). The molecule has 2 fully saturated rings. The summed E-state index contributed by atoms with van der Waals surface area (Å²) in [6.45, 7) is 4.23. The van der Waals surface area contributed by atoms with Gasteiger partial charge in [0.25, 0.3) is 0 Å². The average molecular weight is 460 g/mol. The summed E-state index contributed by atoms with van der Waals surface area (Å²) >= 11 is 0. The fourth-order valence-electron chi connectivity index (χ4n) is 5.10. The summed E-state index contributed by atoms with van der Waals surface area (Å²) in [5.74, 6) is 2.91. The fourth-order valence-corrected chi connectivity index (χ4v) is 5.10. The molecular weight excluding hydrogens is 430 g/mol. The minimum absolute atomic E-state index is 0.566. The Morgan fingerprint density at radius 1 is 0.882 bits per heavy atom. The van der Waals surface area contributed by atoms with Crippen LogP contribution in [0.1, 0.15) is 43.8 Å². The third-order valence-electron chi connectivity index (χ3n) is 7.01. The van der Waals surface area contributed by atoms with Gasteiger partial charge in [-0.1, -0.05) is 24.4 Å². The van der Waals surface area contributed by atoms with E-state index in [9.17, 15) is 0 Å². The Balaban J connectivity index is 1.12. The number of rotatable bonds is 6. The molecule has 4 aromatic heterocycles. The van der Waals surface area contributed by atoms with Gasteiger partial charge in [0.1, 0.15) is 5.82 Å². The van der Waals surface area contributed by atoms with E-state index in [-0.39, 0.29) is 0 Å². The summed E-state index contributed by atoms with van der Waals surface area (Å²) in [6, 6.07) is 8.56. The van der Waals surface area contributed by atoms with E-state index >= 15 is 0 Å². The number of hydrogen-bond acceptors (Lipinski definition) is 9. The predicted octanol–water partition coefficient (Wildman–Crippen LogP) is 2.81. The number of anilines is 1. The Morgan fingerprint density at radius 3 is 2.53 bits per heavy atom. The van der Waals surface area contributed by atoms with Crippen molar-refractivity contribution in [2.45, 2.75) is 51.0 Å². The van der Waals surface area contributed by atoms with Crippen molar-refractivity contribution in [1.29, 1.82) is 0 Å². The van der Waals surface area contributed by atoms with Gasteiger partial charge in [-0.15, -0.1) is 15.3 Å². The highest BCUT2D eigenvalue weighted by Gasteiger charge is 2.26. The first kappa shape index (κ1) is 21.2. The van der Waals surface area contributed by atoms with Gasteiger partial charge >= 0.3 is 0 Å². The largest absolute Gasteiger partial charge is 0.353 e. The van der Waals surface area contributed by atoms with Crippen LogP contribution < -0.4 is 4.90 Å². The maximum Gasteiger partial charge on any atom is 0.227 e. The van der Waals surface area contributed by atoms with Gasteiger partial charge in [-0.2, -0.15) is 9.50 Å². The molecule has 0 amide bonds. The molecule has 176 valence electrons. The molecule has 5 heterocycles. The topological polar surface area (TPSA) is 101 Å². The van der Waals surface area contributed by atoms with E-state index in [2.05, 4.69) is 41.2 Å². The third kappa shape index (κ3) is 4.37. The molecule has 0 spiro atoms. The van der Waals surface area contributed by atoms with Crippen LogP contribution in [-0.4, -0.2) is 72.1 Å². The molecule has 0 aromatic carbocycles. The molecule has 34 heavy (non-hydrogen) atoms. The normalized spacial score (nSPS) is 18.1. The van der Waals surface area contributed by atoms with E-state index in [1.807, 2.05) is 22.7 Å². The number of fused-ring (bicyclic) bond motifs is 1. The molecule has 2 aliphatic rings. The van der Waals surface area contributed by atoms with E-state index < -0.39 is 0 Å². The van der Waals surface area contributed by atoms with Crippen LogP contribution in [0.5, 0.6) is 0 Å². The number of aromatic nitrogens is 7. The Kier molecular flexibility index (Phi) is 5.88. The summed E-state index contributed by atoms with van der Waals surface area (Å²) in [5, 5.41) is 17.6. The van der Waals surface area contributed by atoms with E-state index in [1.165, 1.54) is 32.1 Å². The number of piperazine rings is 1. The molecule has 0 radical (unpaired) electrons. The zero-order valence-electron chi connectivity index (χ0n) is 19.3. The second-order valence-corrected chi connectivity index (χ2v) is 9.14. The first-order chi connectivity index (χ1) is 16.8. The van der Waals surface area contributed by atoms with Gasteiger partial charge in [-0.3, -0.25) is 9.88 Å². The second-order valence-electron chi connectivity index (χ2n) is 9.14. The molecule has 10 heteroatoms. The molecule has 1 saturated heterocycles. The Hall–Kier alpha value is -3.40. The first-order valence-corrected chi connectivity index (χ1v) is 12.3. The van der Waals surface area contributed by atoms with Gasteiger partial charge in [-0.25, -0.2) is 0 Å². The van der Waals surface area contributed by atoms with E-state index in [4.69, 9.17) is 9.62 Å². The van der Waals surface area contributed by atoms with Crippen LogP contribution >= 0.6 is 0 Å². The van der Waals surface area contributed by atoms with Crippen LogP contribution in [0.4, 0.5) is 5.82 Å². The van der Waals surface area contributed by atoms with Crippen molar-refractivity contribution in [2.24, 2.45) is 0 Å². The van der Waals surface area contributed by atoms with Crippen molar-refractivity contribution >= 4 is 11.5 Å². The number of hydrogen-bond donors (Lipinski definition) is 0. The third-order valence-corrected chi connectivity index (χ3v) is 7.01. The van der Waals surface area contributed by atoms with Gasteiger partial charge in [0.05, 0.1) is 0 Å². The summed E-state index contributed by atoms with van der Waals surface area (Å²) in [4.78, 5) is 13.6. The average Bonchev–Trinajstić information content (AvgIpc) is 3.55. The summed E-state index contributed by atoms with van der Waals surface area (Å²) in [7, 11) is 0. The maximum atomic E-state index is 5.44. The van der Waals surface area contributed by atoms with Crippen LogP contribution in [0.15, 0.2) is 41.2 Å². The van der Waals surface area contributed by atoms with Crippen LogP contribution in [0, 0.1) is 0 Å². The predicted molar refractivity (Wildman–Crippen MR) is 126 cm³/mol. The minimum atomic E-state index is 0.566. The van der Waals surface area contributed by atoms with Gasteiger partial charge in [-0.05, 0) is 37.1 Å². The molecule has 0 atom stereocenters. The molecular formula is C24H29N9O. The van der Waals surface area contributed by atoms with Gasteiger partial charge in [0, 0.05) is 63.0 Å². The van der Waals surface area contributed by atoms with Gasteiger partial charge in [0.15, 0.2) is 11.5 Å². The van der Waals surface area contributed by atoms with E-state index in [1.54, 1.807) is 12.4 Å². The van der Waals surface area contributed by atoms with Crippen molar-refractivity contribution in [3.8, 4) is 11.4 Å². The lowest BCUT2D eigenvalue weighted by molar-refractivity contribution is 0.147. The molecule has 0 N–H and O–H groups in total. The molecule has 0 bridgehead atoms. The highest BCUT2D eigenvalue weighted by Crippen LogP contribution is 2.24. The zero-order chi connectivity index (χ0) is 22.7. The Morgan fingerprint density at radius 2 is 1.71 bits per heavy atom. The summed E-state index contributed by atoms with van der Waals surface area (Å²) in [6.07, 6.45) is 11.5. The van der Waals surface area contributed by atoms with Crippen LogP contribution in [0.25, 0.3) is 17.0 Å². The summed E-state index contributed by atoms with van der Waals surface area (Å²) in [5.41, 5.74) is 1.63. The quantitative estimate of drug-likeness (QED) is 0.431. The van der Waals surface area contributed by atoms with Crippen molar-refractivity contribution in [3.05, 3.63) is 48.4 Å². The Labute approximate surface area is 198 Å². The van der Waals surface area contributed by atoms with E-state index in [0.29, 0.717) is 24.6 Å². The van der Waals surface area contributed by atoms with Crippen molar-refractivity contribution < 1.29 is 4.52 Å². The smallest absolute Gasteiger partial charge is 0.227 e. The molecule has 1 aliphatic heterocycles. The molecule has 10 nitrogen and oxygen atoms in total. The van der Waals surface area contributed by atoms with Crippen molar-refractivity contribution in [1.82, 2.24) is 39.8 Å². The lowest BCUT2D eigenvalue weighted by Crippen LogP contribution is -2.51. The van der Waals surface area contributed by atoms with Crippen LogP contribution in [0.3, 0.4) is 0 Å². The Bertz CT molecular complexity index is 1220. The van der Waals surface area contributed by atoms with Crippen LogP contribution in [0.2, 0.25) is 0 Å². The van der Waals surface area contributed by atoms with Gasteiger partial charge in [0.2, 0.25) is 11.7 Å².